The molecule has 0 bridgehead atoms. The minimum Gasteiger partial charge on any atom is -0.392 e. The molecule has 1 aromatic heterocycles. The van der Waals surface area contributed by atoms with E-state index >= 15 is 0 Å². The third-order valence-electron chi connectivity index (χ3n) is 4.92. The van der Waals surface area contributed by atoms with Crippen molar-refractivity contribution in [2.24, 2.45) is 5.73 Å². The summed E-state index contributed by atoms with van der Waals surface area (Å²) in [5, 5.41) is 9.80. The third kappa shape index (κ3) is 4.77. The molecular formula is C20H28N4O6S2. The van der Waals surface area contributed by atoms with Crippen LogP contribution in [-0.4, -0.2) is 40.0 Å². The maximum Gasteiger partial charge on any atom is 0.333 e. The number of sulfonamides is 2. The van der Waals surface area contributed by atoms with Crippen LogP contribution in [0.1, 0.15) is 56.2 Å². The zero-order valence-corrected chi connectivity index (χ0v) is 20.2. The number of aliphatic hydroxyl groups is 1. The lowest BCUT2D eigenvalue weighted by molar-refractivity contribution is 0.256. The number of anilines is 1. The number of primary amides is 1. The van der Waals surface area contributed by atoms with Crippen molar-refractivity contribution in [3.8, 4) is 0 Å². The third-order valence-corrected chi connectivity index (χ3v) is 8.13. The van der Waals surface area contributed by atoms with Crippen molar-refractivity contribution >= 4 is 31.8 Å². The van der Waals surface area contributed by atoms with Gasteiger partial charge in [0.15, 0.2) is 0 Å². The van der Waals surface area contributed by atoms with E-state index in [1.54, 1.807) is 0 Å². The highest BCUT2D eigenvalue weighted by molar-refractivity contribution is 7.93. The van der Waals surface area contributed by atoms with Crippen molar-refractivity contribution < 1.29 is 26.7 Å². The van der Waals surface area contributed by atoms with Crippen molar-refractivity contribution in [2.75, 3.05) is 11.4 Å². The van der Waals surface area contributed by atoms with E-state index in [-0.39, 0.29) is 28.0 Å². The number of nitrogens with one attached hydrogen (secondary N) is 1. The fourth-order valence-electron chi connectivity index (χ4n) is 3.23. The number of hydrogen-bond donors (Lipinski definition) is 3. The van der Waals surface area contributed by atoms with Crippen molar-refractivity contribution in [1.82, 2.24) is 9.71 Å². The number of nitrogens with two attached hydrogens (primary N) is 1. The van der Waals surface area contributed by atoms with Crippen LogP contribution in [0.25, 0.3) is 0 Å². The van der Waals surface area contributed by atoms with Gasteiger partial charge in [0.2, 0.25) is 10.0 Å². The molecule has 4 N–H and O–H groups in total. The summed E-state index contributed by atoms with van der Waals surface area (Å²) in [6.07, 6.45) is 2.96. The van der Waals surface area contributed by atoms with Crippen molar-refractivity contribution in [1.29, 1.82) is 0 Å². The number of nitrogens with zero attached hydrogens (tertiary/aromatic N) is 2. The number of aliphatic hydroxyl groups excluding tert-OH is 1. The highest BCUT2D eigenvalue weighted by Crippen LogP contribution is 2.38. The van der Waals surface area contributed by atoms with Gasteiger partial charge in [-0.25, -0.2) is 26.4 Å². The van der Waals surface area contributed by atoms with Gasteiger partial charge in [-0.15, -0.1) is 0 Å². The number of carbonyl (C=O) groups is 1. The average molecular weight is 485 g/mol. The van der Waals surface area contributed by atoms with Crippen molar-refractivity contribution in [2.45, 2.75) is 55.9 Å². The lowest BCUT2D eigenvalue weighted by Crippen LogP contribution is -2.42. The van der Waals surface area contributed by atoms with Gasteiger partial charge in [-0.2, -0.15) is 4.31 Å². The molecular weight excluding hydrogens is 456 g/mol. The Morgan fingerprint density at radius 3 is 2.03 bits per heavy atom. The van der Waals surface area contributed by atoms with Gasteiger partial charge in [0.1, 0.15) is 0 Å². The predicted molar refractivity (Wildman–Crippen MR) is 120 cm³/mol. The molecule has 0 atom stereocenters. The molecule has 12 heteroatoms. The Bertz CT molecular complexity index is 1200. The molecule has 2 rings (SSSR count). The van der Waals surface area contributed by atoms with Crippen LogP contribution in [0, 0.1) is 0 Å². The molecule has 0 aliphatic heterocycles. The molecule has 1 heterocycles. The topological polar surface area (TPSA) is 160 Å². The standard InChI is InChI=1S/C20H28N4O6S2/c1-12(2)16-9-23-10-17(13(3)4)19(16)24(20(21)26)32(29,30)18-7-6-15(8-14(18)11-25)31(27,28)22-5/h6-10,12-13,22,25H,11H2,1-5H3,(H2,21,26). The van der Waals surface area contributed by atoms with Gasteiger partial charge >= 0.3 is 6.03 Å². The van der Waals surface area contributed by atoms with Crippen LogP contribution in [0.15, 0.2) is 40.4 Å². The van der Waals surface area contributed by atoms with Gasteiger partial charge in [-0.1, -0.05) is 27.7 Å². The first kappa shape index (κ1) is 25.7. The predicted octanol–water partition coefficient (Wildman–Crippen LogP) is 2.00. The number of amides is 2. The lowest BCUT2D eigenvalue weighted by Gasteiger charge is -2.28. The summed E-state index contributed by atoms with van der Waals surface area (Å²) < 4.78 is 54.1. The Kier molecular flexibility index (Phi) is 7.66. The number of aromatic nitrogens is 1. The molecule has 0 aliphatic carbocycles. The highest BCUT2D eigenvalue weighted by Gasteiger charge is 2.36. The summed E-state index contributed by atoms with van der Waals surface area (Å²) >= 11 is 0. The van der Waals surface area contributed by atoms with Gasteiger partial charge in [-0.3, -0.25) is 4.98 Å². The number of rotatable bonds is 8. The SMILES string of the molecule is CNS(=O)(=O)c1ccc(S(=O)(=O)N(C(N)=O)c2c(C(C)C)cncc2C(C)C)c(CO)c1. The molecule has 0 spiro atoms. The summed E-state index contributed by atoms with van der Waals surface area (Å²) in [5.41, 5.74) is 6.47. The lowest BCUT2D eigenvalue weighted by atomic mass is 9.95. The Balaban J connectivity index is 2.87. The van der Waals surface area contributed by atoms with E-state index in [0.717, 1.165) is 18.2 Å². The second-order valence-corrected chi connectivity index (χ2v) is 11.4. The average Bonchev–Trinajstić information content (AvgIpc) is 2.72. The van der Waals surface area contributed by atoms with Crippen LogP contribution in [0.5, 0.6) is 0 Å². The summed E-state index contributed by atoms with van der Waals surface area (Å²) in [4.78, 5) is 16.0. The summed E-state index contributed by atoms with van der Waals surface area (Å²) in [6.45, 7) is 6.53. The zero-order chi connectivity index (χ0) is 24.4. The number of urea groups is 1. The fourth-order valence-corrected chi connectivity index (χ4v) is 5.59. The van der Waals surface area contributed by atoms with E-state index in [9.17, 15) is 26.7 Å². The minimum atomic E-state index is -4.62. The van der Waals surface area contributed by atoms with Gasteiger partial charge in [-0.05, 0) is 53.8 Å². The van der Waals surface area contributed by atoms with E-state index in [4.69, 9.17) is 5.73 Å². The van der Waals surface area contributed by atoms with Crippen molar-refractivity contribution in [3.63, 3.8) is 0 Å². The molecule has 32 heavy (non-hydrogen) atoms. The second-order valence-electron chi connectivity index (χ2n) is 7.72. The van der Waals surface area contributed by atoms with Crippen LogP contribution in [0.2, 0.25) is 0 Å². The van der Waals surface area contributed by atoms with Gasteiger partial charge in [0.25, 0.3) is 10.0 Å². The molecule has 0 fully saturated rings. The first-order chi connectivity index (χ1) is 14.8. The maximum atomic E-state index is 13.7. The Morgan fingerprint density at radius 1 is 1.09 bits per heavy atom. The van der Waals surface area contributed by atoms with Crippen molar-refractivity contribution in [3.05, 3.63) is 47.3 Å². The quantitative estimate of drug-likeness (QED) is 0.516. The van der Waals surface area contributed by atoms with E-state index in [1.807, 2.05) is 27.7 Å². The largest absolute Gasteiger partial charge is 0.392 e. The maximum absolute atomic E-state index is 13.7. The first-order valence-electron chi connectivity index (χ1n) is 9.79. The number of pyridine rings is 1. The van der Waals surface area contributed by atoms with E-state index in [1.165, 1.54) is 19.4 Å². The zero-order valence-electron chi connectivity index (χ0n) is 18.5. The monoisotopic (exact) mass is 484 g/mol. The minimum absolute atomic E-state index is 0.105. The molecule has 2 amide bonds. The molecule has 176 valence electrons. The highest BCUT2D eigenvalue weighted by atomic mass is 32.2. The smallest absolute Gasteiger partial charge is 0.333 e. The molecule has 0 saturated heterocycles. The summed E-state index contributed by atoms with van der Waals surface area (Å²) in [5.74, 6) is -0.373. The van der Waals surface area contributed by atoms with Crippen LogP contribution in [0.3, 0.4) is 0 Å². The number of carbonyl (C=O) groups excluding carboxylic acids is 1. The second kappa shape index (κ2) is 9.53. The summed E-state index contributed by atoms with van der Waals surface area (Å²) in [7, 11) is -7.30. The molecule has 2 aromatic rings. The van der Waals surface area contributed by atoms with Crippen LogP contribution < -0.4 is 14.8 Å². The molecule has 10 nitrogen and oxygen atoms in total. The Labute approximate surface area is 188 Å². The van der Waals surface area contributed by atoms with E-state index < -0.39 is 37.6 Å². The molecule has 0 saturated carbocycles. The molecule has 0 radical (unpaired) electrons. The molecule has 1 aromatic carbocycles. The Hall–Kier alpha value is -2.54. The van der Waals surface area contributed by atoms with Gasteiger partial charge in [0.05, 0.1) is 22.1 Å². The summed E-state index contributed by atoms with van der Waals surface area (Å²) in [6, 6.07) is 1.91. The normalized spacial score (nSPS) is 12.4. The van der Waals surface area contributed by atoms with Gasteiger partial charge < -0.3 is 10.8 Å². The van der Waals surface area contributed by atoms with Gasteiger partial charge in [0, 0.05) is 12.4 Å². The number of hydrogen-bond acceptors (Lipinski definition) is 7. The van der Waals surface area contributed by atoms with Crippen LogP contribution in [-0.2, 0) is 26.7 Å². The van der Waals surface area contributed by atoms with E-state index in [2.05, 4.69) is 9.71 Å². The Morgan fingerprint density at radius 2 is 1.62 bits per heavy atom. The number of benzene rings is 1. The first-order valence-corrected chi connectivity index (χ1v) is 12.7. The molecule has 0 unspecified atom stereocenters. The van der Waals surface area contributed by atoms with Crippen LogP contribution >= 0.6 is 0 Å². The van der Waals surface area contributed by atoms with Crippen LogP contribution in [0.4, 0.5) is 10.5 Å². The van der Waals surface area contributed by atoms with E-state index in [0.29, 0.717) is 15.4 Å². The molecule has 0 aliphatic rings. The fraction of sp³-hybridized carbons (Fsp3) is 0.400.